The normalized spacial score (nSPS) is 31.6. The lowest BCUT2D eigenvalue weighted by Crippen LogP contribution is -2.67. The highest BCUT2D eigenvalue weighted by Gasteiger charge is 2.49. The molecule has 1 fully saturated rings. The molecule has 0 aromatic carbocycles. The van der Waals surface area contributed by atoms with Gasteiger partial charge in [0, 0.05) is 5.41 Å². The van der Waals surface area contributed by atoms with Crippen molar-refractivity contribution >= 4 is 0 Å². The number of aliphatic hydroxyl groups excluding tert-OH is 2. The summed E-state index contributed by atoms with van der Waals surface area (Å²) in [6.07, 6.45) is 2.33. The predicted octanol–water partition coefficient (Wildman–Crippen LogP) is -0.609. The van der Waals surface area contributed by atoms with Gasteiger partial charge in [-0.05, 0) is 25.2 Å². The lowest BCUT2D eigenvalue weighted by atomic mass is 9.64. The largest absolute Gasteiger partial charge is 0.396 e. The number of rotatable bonds is 2. The van der Waals surface area contributed by atoms with Gasteiger partial charge in [0.25, 0.3) is 0 Å². The third kappa shape index (κ3) is 1.72. The second-order valence-corrected chi connectivity index (χ2v) is 4.48. The number of hydrogen-bond acceptors (Lipinski definition) is 4. The Morgan fingerprint density at radius 3 is 2.23 bits per heavy atom. The zero-order valence-corrected chi connectivity index (χ0v) is 8.16. The van der Waals surface area contributed by atoms with Crippen LogP contribution in [0.2, 0.25) is 0 Å². The SMILES string of the molecule is CC1CCC(N)(N)C(CO)(CO)C1. The molecule has 78 valence electrons. The van der Waals surface area contributed by atoms with Crippen molar-refractivity contribution in [3.63, 3.8) is 0 Å². The summed E-state index contributed by atoms with van der Waals surface area (Å²) >= 11 is 0. The minimum atomic E-state index is -0.928. The van der Waals surface area contributed by atoms with Crippen molar-refractivity contribution in [3.05, 3.63) is 0 Å². The molecule has 4 heteroatoms. The van der Waals surface area contributed by atoms with Crippen LogP contribution in [0.5, 0.6) is 0 Å². The number of aliphatic hydroxyl groups is 2. The molecule has 0 spiro atoms. The van der Waals surface area contributed by atoms with E-state index >= 15 is 0 Å². The highest BCUT2D eigenvalue weighted by molar-refractivity contribution is 5.02. The lowest BCUT2D eigenvalue weighted by molar-refractivity contribution is -0.0539. The van der Waals surface area contributed by atoms with E-state index in [-0.39, 0.29) is 13.2 Å². The van der Waals surface area contributed by atoms with Crippen molar-refractivity contribution in [3.8, 4) is 0 Å². The fourth-order valence-electron chi connectivity index (χ4n) is 2.18. The van der Waals surface area contributed by atoms with Crippen molar-refractivity contribution in [2.24, 2.45) is 22.8 Å². The van der Waals surface area contributed by atoms with Gasteiger partial charge in [-0.25, -0.2) is 0 Å². The molecule has 1 aliphatic carbocycles. The summed E-state index contributed by atoms with van der Waals surface area (Å²) in [5.41, 5.74) is 10.2. The summed E-state index contributed by atoms with van der Waals surface area (Å²) in [5, 5.41) is 18.5. The minimum Gasteiger partial charge on any atom is -0.396 e. The molecule has 0 radical (unpaired) electrons. The second-order valence-electron chi connectivity index (χ2n) is 4.48. The Labute approximate surface area is 78.9 Å². The standard InChI is InChI=1S/C9H20N2O2/c1-7-2-3-9(10,11)8(4-7,5-12)6-13/h7,12-13H,2-6,10-11H2,1H3. The first-order valence-corrected chi connectivity index (χ1v) is 4.77. The molecule has 0 heterocycles. The molecule has 1 unspecified atom stereocenters. The minimum absolute atomic E-state index is 0.138. The van der Waals surface area contributed by atoms with Gasteiger partial charge in [-0.15, -0.1) is 0 Å². The molecule has 13 heavy (non-hydrogen) atoms. The van der Waals surface area contributed by atoms with Crippen LogP contribution in [0.25, 0.3) is 0 Å². The Morgan fingerprint density at radius 2 is 1.85 bits per heavy atom. The average Bonchev–Trinajstić information content (AvgIpc) is 2.09. The van der Waals surface area contributed by atoms with E-state index in [2.05, 4.69) is 6.92 Å². The lowest BCUT2D eigenvalue weighted by Gasteiger charge is -2.49. The quantitative estimate of drug-likeness (QED) is 0.435. The molecule has 1 atom stereocenters. The van der Waals surface area contributed by atoms with Gasteiger partial charge < -0.3 is 21.7 Å². The second kappa shape index (κ2) is 3.53. The van der Waals surface area contributed by atoms with E-state index in [1.807, 2.05) is 0 Å². The fraction of sp³-hybridized carbons (Fsp3) is 1.00. The Hall–Kier alpha value is -0.160. The van der Waals surface area contributed by atoms with E-state index in [1.165, 1.54) is 0 Å². The zero-order valence-electron chi connectivity index (χ0n) is 8.16. The van der Waals surface area contributed by atoms with Gasteiger partial charge in [0.15, 0.2) is 0 Å². The maximum absolute atomic E-state index is 9.27. The van der Waals surface area contributed by atoms with E-state index in [4.69, 9.17) is 11.5 Å². The van der Waals surface area contributed by atoms with Gasteiger partial charge in [0.05, 0.1) is 18.9 Å². The van der Waals surface area contributed by atoms with Crippen molar-refractivity contribution in [1.82, 2.24) is 0 Å². The van der Waals surface area contributed by atoms with Crippen molar-refractivity contribution < 1.29 is 10.2 Å². The van der Waals surface area contributed by atoms with Crippen LogP contribution in [-0.4, -0.2) is 29.1 Å². The van der Waals surface area contributed by atoms with Crippen molar-refractivity contribution in [2.75, 3.05) is 13.2 Å². The Bertz CT molecular complexity index is 178. The molecule has 0 saturated heterocycles. The molecule has 4 nitrogen and oxygen atoms in total. The molecule has 1 aliphatic rings. The van der Waals surface area contributed by atoms with Gasteiger partial charge in [-0.3, -0.25) is 0 Å². The van der Waals surface area contributed by atoms with Crippen LogP contribution in [0.3, 0.4) is 0 Å². The molecule has 0 aliphatic heterocycles. The molecular weight excluding hydrogens is 168 g/mol. The van der Waals surface area contributed by atoms with Gasteiger partial charge in [0.2, 0.25) is 0 Å². The van der Waals surface area contributed by atoms with Crippen molar-refractivity contribution in [2.45, 2.75) is 31.8 Å². The van der Waals surface area contributed by atoms with Gasteiger partial charge in [0.1, 0.15) is 0 Å². The molecule has 1 rings (SSSR count). The number of nitrogens with two attached hydrogens (primary N) is 2. The highest BCUT2D eigenvalue weighted by Crippen LogP contribution is 2.41. The van der Waals surface area contributed by atoms with E-state index in [0.29, 0.717) is 18.8 Å². The zero-order chi connectivity index (χ0) is 10.1. The van der Waals surface area contributed by atoms with Crippen LogP contribution in [0.4, 0.5) is 0 Å². The molecule has 0 aromatic rings. The van der Waals surface area contributed by atoms with Gasteiger partial charge in [-0.1, -0.05) is 6.92 Å². The maximum atomic E-state index is 9.27. The first-order chi connectivity index (χ1) is 5.97. The van der Waals surface area contributed by atoms with E-state index < -0.39 is 11.1 Å². The van der Waals surface area contributed by atoms with E-state index in [0.717, 1.165) is 6.42 Å². The van der Waals surface area contributed by atoms with Crippen LogP contribution in [0.15, 0.2) is 0 Å². The van der Waals surface area contributed by atoms with Gasteiger partial charge in [-0.2, -0.15) is 0 Å². The summed E-state index contributed by atoms with van der Waals surface area (Å²) in [5.74, 6) is 0.472. The predicted molar refractivity (Wildman–Crippen MR) is 50.7 cm³/mol. The van der Waals surface area contributed by atoms with E-state index in [1.54, 1.807) is 0 Å². The first kappa shape index (κ1) is 10.9. The molecule has 1 saturated carbocycles. The van der Waals surface area contributed by atoms with Gasteiger partial charge >= 0.3 is 0 Å². The molecular formula is C9H20N2O2. The molecule has 0 amide bonds. The summed E-state index contributed by atoms with van der Waals surface area (Å²) in [4.78, 5) is 0. The Morgan fingerprint density at radius 1 is 1.31 bits per heavy atom. The fourth-order valence-corrected chi connectivity index (χ4v) is 2.18. The van der Waals surface area contributed by atoms with Crippen LogP contribution >= 0.6 is 0 Å². The molecule has 0 aromatic heterocycles. The number of hydrogen-bond donors (Lipinski definition) is 4. The van der Waals surface area contributed by atoms with Crippen LogP contribution in [0.1, 0.15) is 26.2 Å². The average molecular weight is 188 g/mol. The summed E-state index contributed by atoms with van der Waals surface area (Å²) in [7, 11) is 0. The van der Waals surface area contributed by atoms with Crippen LogP contribution in [0, 0.1) is 11.3 Å². The Balaban J connectivity index is 2.86. The summed E-state index contributed by atoms with van der Waals surface area (Å²) < 4.78 is 0. The highest BCUT2D eigenvalue weighted by atomic mass is 16.3. The molecule has 0 bridgehead atoms. The third-order valence-corrected chi connectivity index (χ3v) is 3.38. The van der Waals surface area contributed by atoms with Crippen LogP contribution < -0.4 is 11.5 Å². The topological polar surface area (TPSA) is 92.5 Å². The monoisotopic (exact) mass is 188 g/mol. The van der Waals surface area contributed by atoms with Crippen molar-refractivity contribution in [1.29, 1.82) is 0 Å². The maximum Gasteiger partial charge on any atom is 0.0739 e. The summed E-state index contributed by atoms with van der Waals surface area (Å²) in [6.45, 7) is 1.82. The smallest absolute Gasteiger partial charge is 0.0739 e. The van der Waals surface area contributed by atoms with E-state index in [9.17, 15) is 10.2 Å². The Kier molecular flexibility index (Phi) is 2.97. The first-order valence-electron chi connectivity index (χ1n) is 4.77. The van der Waals surface area contributed by atoms with Crippen LogP contribution in [-0.2, 0) is 0 Å². The summed E-state index contributed by atoms with van der Waals surface area (Å²) in [6, 6.07) is 0. The third-order valence-electron chi connectivity index (χ3n) is 3.38. The molecule has 6 N–H and O–H groups in total.